The van der Waals surface area contributed by atoms with Crippen LogP contribution in [-0.4, -0.2) is 11.8 Å². The molecule has 0 N–H and O–H groups in total. The molecule has 0 spiro atoms. The van der Waals surface area contributed by atoms with Crippen LogP contribution in [0.3, 0.4) is 0 Å². The van der Waals surface area contributed by atoms with E-state index in [-0.39, 0.29) is 17.3 Å². The van der Waals surface area contributed by atoms with Crippen molar-refractivity contribution in [1.82, 2.24) is 0 Å². The van der Waals surface area contributed by atoms with Gasteiger partial charge in [-0.25, -0.2) is 9.18 Å². The number of ketones is 1. The molecule has 2 rings (SSSR count). The summed E-state index contributed by atoms with van der Waals surface area (Å²) in [7, 11) is 0. The van der Waals surface area contributed by atoms with E-state index < -0.39 is 11.8 Å². The minimum absolute atomic E-state index is 0.0637. The zero-order chi connectivity index (χ0) is 17.0. The van der Waals surface area contributed by atoms with E-state index in [2.05, 4.69) is 0 Å². The van der Waals surface area contributed by atoms with Gasteiger partial charge in [0, 0.05) is 5.56 Å². The summed E-state index contributed by atoms with van der Waals surface area (Å²) in [5, 5.41) is 0. The largest absolute Gasteiger partial charge is 0.423 e. The summed E-state index contributed by atoms with van der Waals surface area (Å²) in [5.41, 5.74) is 1.48. The van der Waals surface area contributed by atoms with Gasteiger partial charge in [0.25, 0.3) is 0 Å². The van der Waals surface area contributed by atoms with Gasteiger partial charge >= 0.3 is 5.97 Å². The number of hydrogen-bond donors (Lipinski definition) is 0. The molecule has 0 fully saturated rings. The van der Waals surface area contributed by atoms with Crippen molar-refractivity contribution in [1.29, 1.82) is 0 Å². The molecule has 120 valence electrons. The van der Waals surface area contributed by atoms with Crippen LogP contribution in [0.25, 0.3) is 0 Å². The highest BCUT2D eigenvalue weighted by atomic mass is 19.1. The number of hydrogen-bond acceptors (Lipinski definition) is 3. The van der Waals surface area contributed by atoms with Gasteiger partial charge in [-0.2, -0.15) is 0 Å². The number of carbonyl (C=O) groups excluding carboxylic acids is 2. The molecule has 1 atom stereocenters. The van der Waals surface area contributed by atoms with Gasteiger partial charge in [-0.3, -0.25) is 4.79 Å². The summed E-state index contributed by atoms with van der Waals surface area (Å²) >= 11 is 0. The lowest BCUT2D eigenvalue weighted by Gasteiger charge is -2.11. The monoisotopic (exact) mass is 314 g/mol. The van der Waals surface area contributed by atoms with Crippen LogP contribution in [0.5, 0.6) is 5.75 Å². The van der Waals surface area contributed by atoms with Crippen molar-refractivity contribution < 1.29 is 18.7 Å². The van der Waals surface area contributed by atoms with Gasteiger partial charge in [0.1, 0.15) is 11.6 Å². The maximum absolute atomic E-state index is 13.7. The minimum Gasteiger partial charge on any atom is -0.423 e. The van der Waals surface area contributed by atoms with Crippen molar-refractivity contribution in [2.45, 2.75) is 33.1 Å². The first-order valence-electron chi connectivity index (χ1n) is 7.54. The number of Topliss-reactive ketones (excluding diaryl/α,β-unsaturated/α-hetero) is 1. The molecule has 1 unspecified atom stereocenters. The van der Waals surface area contributed by atoms with Gasteiger partial charge in [-0.05, 0) is 67.3 Å². The standard InChI is InChI=1S/C19H19FO3/c1-4-12(2)15-9-16(11-17(20)10-15)19(22)23-18-7-5-14(6-8-18)13(3)21/h5-12H,4H2,1-3H3. The molecule has 0 saturated carbocycles. The molecule has 3 nitrogen and oxygen atoms in total. The SMILES string of the molecule is CCC(C)c1cc(F)cc(C(=O)Oc2ccc(C(C)=O)cc2)c1. The lowest BCUT2D eigenvalue weighted by molar-refractivity contribution is 0.0734. The highest BCUT2D eigenvalue weighted by Crippen LogP contribution is 2.22. The van der Waals surface area contributed by atoms with Gasteiger partial charge in [-0.1, -0.05) is 13.8 Å². The second-order valence-corrected chi connectivity index (χ2v) is 5.55. The van der Waals surface area contributed by atoms with Gasteiger partial charge in [0.05, 0.1) is 5.56 Å². The van der Waals surface area contributed by atoms with E-state index in [1.54, 1.807) is 30.3 Å². The second-order valence-electron chi connectivity index (χ2n) is 5.55. The van der Waals surface area contributed by atoms with Crippen LogP contribution in [0.2, 0.25) is 0 Å². The maximum atomic E-state index is 13.7. The molecule has 0 aliphatic rings. The molecule has 4 heteroatoms. The predicted octanol–water partition coefficient (Wildman–Crippen LogP) is 4.76. The fourth-order valence-electron chi connectivity index (χ4n) is 2.17. The van der Waals surface area contributed by atoms with Crippen LogP contribution in [0, 0.1) is 5.82 Å². The third kappa shape index (κ3) is 4.25. The molecule has 0 aliphatic heterocycles. The van der Waals surface area contributed by atoms with E-state index in [1.807, 2.05) is 13.8 Å². The van der Waals surface area contributed by atoms with E-state index >= 15 is 0 Å². The van der Waals surface area contributed by atoms with Crippen LogP contribution in [0.4, 0.5) is 4.39 Å². The average molecular weight is 314 g/mol. The number of esters is 1. The lowest BCUT2D eigenvalue weighted by atomic mass is 9.97. The Balaban J connectivity index is 2.20. The Labute approximate surface area is 135 Å². The Kier molecular flexibility index (Phi) is 5.27. The Hall–Kier alpha value is -2.49. The van der Waals surface area contributed by atoms with Gasteiger partial charge in [-0.15, -0.1) is 0 Å². The Morgan fingerprint density at radius 3 is 2.30 bits per heavy atom. The molecule has 2 aromatic carbocycles. The van der Waals surface area contributed by atoms with E-state index in [0.717, 1.165) is 18.1 Å². The predicted molar refractivity (Wildman–Crippen MR) is 86.5 cm³/mol. The quantitative estimate of drug-likeness (QED) is 0.454. The zero-order valence-corrected chi connectivity index (χ0v) is 13.4. The van der Waals surface area contributed by atoms with Crippen molar-refractivity contribution in [3.63, 3.8) is 0 Å². The third-order valence-corrected chi connectivity index (χ3v) is 3.81. The van der Waals surface area contributed by atoms with E-state index in [0.29, 0.717) is 11.3 Å². The molecule has 0 aliphatic carbocycles. The highest BCUT2D eigenvalue weighted by molar-refractivity contribution is 5.94. The smallest absolute Gasteiger partial charge is 0.343 e. The van der Waals surface area contributed by atoms with Gasteiger partial charge in [0.2, 0.25) is 0 Å². The Morgan fingerprint density at radius 1 is 1.09 bits per heavy atom. The number of rotatable bonds is 5. The average Bonchev–Trinajstić information content (AvgIpc) is 2.53. The van der Waals surface area contributed by atoms with Crippen molar-refractivity contribution in [3.05, 3.63) is 65.0 Å². The minimum atomic E-state index is -0.621. The summed E-state index contributed by atoms with van der Waals surface area (Å²) in [6.45, 7) is 5.44. The zero-order valence-electron chi connectivity index (χ0n) is 13.4. The van der Waals surface area contributed by atoms with Gasteiger partial charge < -0.3 is 4.74 Å². The lowest BCUT2D eigenvalue weighted by Crippen LogP contribution is -2.10. The van der Waals surface area contributed by atoms with Crippen LogP contribution < -0.4 is 4.74 Å². The molecule has 23 heavy (non-hydrogen) atoms. The molecular formula is C19H19FO3. The van der Waals surface area contributed by atoms with E-state index in [4.69, 9.17) is 4.74 Å². The fraction of sp³-hybridized carbons (Fsp3) is 0.263. The molecule has 0 amide bonds. The van der Waals surface area contributed by atoms with Crippen molar-refractivity contribution in [2.24, 2.45) is 0 Å². The van der Waals surface area contributed by atoms with E-state index in [1.165, 1.54) is 13.0 Å². The molecular weight excluding hydrogens is 295 g/mol. The molecule has 0 saturated heterocycles. The Morgan fingerprint density at radius 2 is 1.74 bits per heavy atom. The number of halogens is 1. The molecule has 2 aromatic rings. The first kappa shape index (κ1) is 16.9. The summed E-state index contributed by atoms with van der Waals surface area (Å²) in [6.07, 6.45) is 0.852. The first-order valence-corrected chi connectivity index (χ1v) is 7.54. The normalized spacial score (nSPS) is 11.8. The topological polar surface area (TPSA) is 43.4 Å². The van der Waals surface area contributed by atoms with Crippen LogP contribution >= 0.6 is 0 Å². The third-order valence-electron chi connectivity index (χ3n) is 3.81. The molecule has 0 aromatic heterocycles. The molecule has 0 bridgehead atoms. The Bertz CT molecular complexity index is 720. The molecule has 0 heterocycles. The summed E-state index contributed by atoms with van der Waals surface area (Å²) in [6, 6.07) is 10.5. The number of carbonyl (C=O) groups is 2. The summed E-state index contributed by atoms with van der Waals surface area (Å²) in [4.78, 5) is 23.4. The first-order chi connectivity index (χ1) is 10.9. The van der Waals surface area contributed by atoms with Crippen LogP contribution in [0.1, 0.15) is 59.4 Å². The second kappa shape index (κ2) is 7.18. The maximum Gasteiger partial charge on any atom is 0.343 e. The summed E-state index contributed by atoms with van der Waals surface area (Å²) < 4.78 is 19.0. The number of ether oxygens (including phenoxy) is 1. The van der Waals surface area contributed by atoms with Gasteiger partial charge in [0.15, 0.2) is 5.78 Å². The summed E-state index contributed by atoms with van der Waals surface area (Å²) in [5.74, 6) is -0.668. The molecule has 0 radical (unpaired) electrons. The number of benzene rings is 2. The van der Waals surface area contributed by atoms with E-state index in [9.17, 15) is 14.0 Å². The fourth-order valence-corrected chi connectivity index (χ4v) is 2.17. The van der Waals surface area contributed by atoms with Crippen molar-refractivity contribution in [2.75, 3.05) is 0 Å². The van der Waals surface area contributed by atoms with Crippen LogP contribution in [0.15, 0.2) is 42.5 Å². The van der Waals surface area contributed by atoms with Crippen molar-refractivity contribution in [3.8, 4) is 5.75 Å². The van der Waals surface area contributed by atoms with Crippen molar-refractivity contribution >= 4 is 11.8 Å². The van der Waals surface area contributed by atoms with Crippen LogP contribution in [-0.2, 0) is 0 Å². The highest BCUT2D eigenvalue weighted by Gasteiger charge is 2.14.